The summed E-state index contributed by atoms with van der Waals surface area (Å²) in [6.45, 7) is 4.35. The molecule has 0 heterocycles. The van der Waals surface area contributed by atoms with E-state index in [9.17, 15) is 0 Å². The Morgan fingerprint density at radius 3 is 2.84 bits per heavy atom. The Morgan fingerprint density at radius 1 is 1.42 bits per heavy atom. The van der Waals surface area contributed by atoms with Crippen molar-refractivity contribution in [1.82, 2.24) is 0 Å². The molecule has 0 saturated heterocycles. The molecule has 0 radical (unpaired) electrons. The van der Waals surface area contributed by atoms with Crippen molar-refractivity contribution in [2.75, 3.05) is 0 Å². The second-order valence-corrected chi connectivity index (χ2v) is 6.81. The minimum atomic E-state index is 0.192. The number of hydrogen-bond donors (Lipinski definition) is 1. The fourth-order valence-electron chi connectivity index (χ4n) is 2.80. The normalized spacial score (nSPS) is 25.1. The van der Waals surface area contributed by atoms with Gasteiger partial charge in [0.15, 0.2) is 0 Å². The first-order valence-electron chi connectivity index (χ1n) is 7.25. The second-order valence-electron chi connectivity index (χ2n) is 5.96. The van der Waals surface area contributed by atoms with Gasteiger partial charge in [-0.25, -0.2) is 0 Å². The van der Waals surface area contributed by atoms with E-state index in [-0.39, 0.29) is 6.04 Å². The van der Waals surface area contributed by atoms with Gasteiger partial charge in [0, 0.05) is 6.04 Å². The highest BCUT2D eigenvalue weighted by atomic mass is 79.9. The van der Waals surface area contributed by atoms with Crippen molar-refractivity contribution in [2.45, 2.75) is 58.1 Å². The average molecular weight is 326 g/mol. The molecule has 1 aliphatic carbocycles. The van der Waals surface area contributed by atoms with Crippen LogP contribution in [0.25, 0.3) is 0 Å². The van der Waals surface area contributed by atoms with Crippen LogP contribution >= 0.6 is 15.9 Å². The van der Waals surface area contributed by atoms with E-state index in [0.29, 0.717) is 6.10 Å². The van der Waals surface area contributed by atoms with Gasteiger partial charge in [-0.2, -0.15) is 0 Å². The number of nitrogens with two attached hydrogens (primary N) is 1. The molecule has 1 saturated carbocycles. The molecule has 106 valence electrons. The maximum Gasteiger partial charge on any atom is 0.133 e. The van der Waals surface area contributed by atoms with Crippen LogP contribution < -0.4 is 10.5 Å². The van der Waals surface area contributed by atoms with E-state index in [4.69, 9.17) is 10.5 Å². The minimum Gasteiger partial charge on any atom is -0.489 e. The highest BCUT2D eigenvalue weighted by molar-refractivity contribution is 9.10. The zero-order valence-electron chi connectivity index (χ0n) is 11.9. The fourth-order valence-corrected chi connectivity index (χ4v) is 3.32. The number of halogens is 1. The number of rotatable bonds is 4. The van der Waals surface area contributed by atoms with Gasteiger partial charge < -0.3 is 10.5 Å². The fraction of sp³-hybridized carbons (Fsp3) is 0.625. The summed E-state index contributed by atoms with van der Waals surface area (Å²) in [5, 5.41) is 0. The lowest BCUT2D eigenvalue weighted by molar-refractivity contribution is 0.128. The second kappa shape index (κ2) is 6.76. The Hall–Kier alpha value is -0.540. The first-order valence-corrected chi connectivity index (χ1v) is 8.04. The Morgan fingerprint density at radius 2 is 2.21 bits per heavy atom. The third-order valence-electron chi connectivity index (χ3n) is 3.74. The van der Waals surface area contributed by atoms with Gasteiger partial charge in [-0.1, -0.05) is 19.4 Å². The van der Waals surface area contributed by atoms with Crippen molar-refractivity contribution in [3.8, 4) is 5.75 Å². The molecule has 1 aliphatic rings. The monoisotopic (exact) mass is 325 g/mol. The predicted molar refractivity (Wildman–Crippen MR) is 83.5 cm³/mol. The highest BCUT2D eigenvalue weighted by Crippen LogP contribution is 2.32. The maximum atomic E-state index is 6.14. The van der Waals surface area contributed by atoms with Gasteiger partial charge in [-0.3, -0.25) is 0 Å². The number of ether oxygens (including phenoxy) is 1. The van der Waals surface area contributed by atoms with E-state index in [0.717, 1.165) is 22.6 Å². The molecule has 3 unspecified atom stereocenters. The lowest BCUT2D eigenvalue weighted by Gasteiger charge is -2.27. The predicted octanol–water partition coefficient (Wildman–Crippen LogP) is 4.30. The Balaban J connectivity index is 2.00. The van der Waals surface area contributed by atoms with Crippen LogP contribution in [-0.2, 0) is 6.42 Å². The van der Waals surface area contributed by atoms with Gasteiger partial charge in [-0.05, 0) is 72.2 Å². The molecule has 2 nitrogen and oxygen atoms in total. The lowest BCUT2D eigenvalue weighted by Crippen LogP contribution is -2.24. The molecule has 1 aromatic carbocycles. The lowest BCUT2D eigenvalue weighted by atomic mass is 9.89. The van der Waals surface area contributed by atoms with E-state index in [1.54, 1.807) is 0 Å². The van der Waals surface area contributed by atoms with Crippen molar-refractivity contribution in [3.05, 3.63) is 28.2 Å². The van der Waals surface area contributed by atoms with Gasteiger partial charge >= 0.3 is 0 Å². The zero-order chi connectivity index (χ0) is 13.8. The summed E-state index contributed by atoms with van der Waals surface area (Å²) >= 11 is 3.61. The van der Waals surface area contributed by atoms with Crippen LogP contribution in [0.5, 0.6) is 5.75 Å². The molecule has 3 heteroatoms. The summed E-state index contributed by atoms with van der Waals surface area (Å²) in [5.74, 6) is 1.75. The average Bonchev–Trinajstić information content (AvgIpc) is 2.32. The molecular weight excluding hydrogens is 302 g/mol. The maximum absolute atomic E-state index is 6.14. The van der Waals surface area contributed by atoms with Crippen LogP contribution in [0.15, 0.2) is 22.7 Å². The summed E-state index contributed by atoms with van der Waals surface area (Å²) in [7, 11) is 0. The quantitative estimate of drug-likeness (QED) is 0.895. The van der Waals surface area contributed by atoms with E-state index < -0.39 is 0 Å². The van der Waals surface area contributed by atoms with Gasteiger partial charge in [0.05, 0.1) is 10.6 Å². The van der Waals surface area contributed by atoms with E-state index in [1.807, 2.05) is 6.92 Å². The summed E-state index contributed by atoms with van der Waals surface area (Å²) < 4.78 is 7.18. The number of benzene rings is 1. The third kappa shape index (κ3) is 4.50. The highest BCUT2D eigenvalue weighted by Gasteiger charge is 2.20. The molecule has 3 atom stereocenters. The molecule has 0 amide bonds. The van der Waals surface area contributed by atoms with Crippen LogP contribution in [0, 0.1) is 5.92 Å². The smallest absolute Gasteiger partial charge is 0.133 e. The summed E-state index contributed by atoms with van der Waals surface area (Å²) in [6.07, 6.45) is 6.26. The van der Waals surface area contributed by atoms with Gasteiger partial charge in [0.2, 0.25) is 0 Å². The van der Waals surface area contributed by atoms with Crippen LogP contribution in [0.2, 0.25) is 0 Å². The SMILES string of the molecule is CC(N)Cc1ccc(OC2CCCC(C)C2)c(Br)c1. The molecule has 19 heavy (non-hydrogen) atoms. The van der Waals surface area contributed by atoms with Crippen LogP contribution in [-0.4, -0.2) is 12.1 Å². The molecule has 0 spiro atoms. The first kappa shape index (κ1) is 14.9. The summed E-state index contributed by atoms with van der Waals surface area (Å²) in [4.78, 5) is 0. The molecule has 1 aromatic rings. The zero-order valence-corrected chi connectivity index (χ0v) is 13.4. The molecule has 1 fully saturated rings. The first-order chi connectivity index (χ1) is 9.04. The summed E-state index contributed by atoms with van der Waals surface area (Å²) in [5.41, 5.74) is 7.09. The topological polar surface area (TPSA) is 35.2 Å². The Labute approximate surface area is 124 Å². The summed E-state index contributed by atoms with van der Waals surface area (Å²) in [6, 6.07) is 6.51. The van der Waals surface area contributed by atoms with Crippen molar-refractivity contribution in [1.29, 1.82) is 0 Å². The largest absolute Gasteiger partial charge is 0.489 e. The van der Waals surface area contributed by atoms with Crippen molar-refractivity contribution < 1.29 is 4.74 Å². The molecule has 0 aromatic heterocycles. The molecular formula is C16H24BrNO. The van der Waals surface area contributed by atoms with Crippen LogP contribution in [0.3, 0.4) is 0 Å². The van der Waals surface area contributed by atoms with Crippen molar-refractivity contribution in [2.24, 2.45) is 11.7 Å². The van der Waals surface area contributed by atoms with Crippen LogP contribution in [0.1, 0.15) is 45.1 Å². The van der Waals surface area contributed by atoms with Crippen molar-refractivity contribution in [3.63, 3.8) is 0 Å². The standard InChI is InChI=1S/C16H24BrNO/c1-11-4-3-5-14(8-11)19-16-7-6-13(9-12(2)18)10-15(16)17/h6-7,10-12,14H,3-5,8-9,18H2,1-2H3. The van der Waals surface area contributed by atoms with Gasteiger partial charge in [0.25, 0.3) is 0 Å². The van der Waals surface area contributed by atoms with E-state index >= 15 is 0 Å². The van der Waals surface area contributed by atoms with Crippen LogP contribution in [0.4, 0.5) is 0 Å². The molecule has 2 N–H and O–H groups in total. The van der Waals surface area contributed by atoms with Crippen molar-refractivity contribution >= 4 is 15.9 Å². The Kier molecular flexibility index (Phi) is 5.28. The van der Waals surface area contributed by atoms with Gasteiger partial charge in [-0.15, -0.1) is 0 Å². The Bertz CT molecular complexity index is 419. The molecule has 0 bridgehead atoms. The van der Waals surface area contributed by atoms with E-state index in [1.165, 1.54) is 31.2 Å². The van der Waals surface area contributed by atoms with Gasteiger partial charge in [0.1, 0.15) is 5.75 Å². The third-order valence-corrected chi connectivity index (χ3v) is 4.36. The minimum absolute atomic E-state index is 0.192. The van der Waals surface area contributed by atoms with E-state index in [2.05, 4.69) is 41.1 Å². The number of hydrogen-bond acceptors (Lipinski definition) is 2. The molecule has 0 aliphatic heterocycles. The molecule has 2 rings (SSSR count).